The monoisotopic (exact) mass is 349 g/mol. The van der Waals surface area contributed by atoms with E-state index in [0.29, 0.717) is 39.1 Å². The number of likely N-dealkylation sites (tertiary alicyclic amines) is 1. The van der Waals surface area contributed by atoms with E-state index >= 15 is 0 Å². The third kappa shape index (κ3) is 6.34. The Hall–Kier alpha value is -1.35. The van der Waals surface area contributed by atoms with Crippen molar-refractivity contribution in [2.75, 3.05) is 39.0 Å². The summed E-state index contributed by atoms with van der Waals surface area (Å²) >= 11 is 0. The highest BCUT2D eigenvalue weighted by atomic mass is 32.2. The van der Waals surface area contributed by atoms with E-state index in [1.54, 1.807) is 11.8 Å². The molecule has 0 unspecified atom stereocenters. The van der Waals surface area contributed by atoms with Gasteiger partial charge in [-0.3, -0.25) is 4.79 Å². The van der Waals surface area contributed by atoms with Crippen molar-refractivity contribution < 1.29 is 22.7 Å². The average Bonchev–Trinajstić information content (AvgIpc) is 2.50. The molecule has 1 N–H and O–H groups in total. The molecule has 0 aromatic rings. The van der Waals surface area contributed by atoms with Crippen molar-refractivity contribution in [3.63, 3.8) is 0 Å². The number of amides is 2. The summed E-state index contributed by atoms with van der Waals surface area (Å²) in [5.41, 5.74) is 0. The molecule has 23 heavy (non-hydrogen) atoms. The van der Waals surface area contributed by atoms with Crippen LogP contribution in [-0.2, 0) is 19.6 Å². The van der Waals surface area contributed by atoms with Crippen LogP contribution in [0.5, 0.6) is 0 Å². The number of carbonyl (C=O) groups is 2. The van der Waals surface area contributed by atoms with Gasteiger partial charge in [-0.15, -0.1) is 0 Å². The fourth-order valence-electron chi connectivity index (χ4n) is 2.53. The molecule has 1 aliphatic rings. The number of hydrogen-bond donors (Lipinski definition) is 1. The molecule has 134 valence electrons. The number of nitrogens with one attached hydrogen (secondary N) is 1. The predicted molar refractivity (Wildman–Crippen MR) is 86.5 cm³/mol. The van der Waals surface area contributed by atoms with Gasteiger partial charge in [0.25, 0.3) is 0 Å². The molecule has 0 atom stereocenters. The Bertz CT molecular complexity index is 501. The van der Waals surface area contributed by atoms with Gasteiger partial charge in [-0.1, -0.05) is 6.92 Å². The maximum absolute atomic E-state index is 12.0. The third-order valence-corrected chi connectivity index (χ3v) is 4.97. The summed E-state index contributed by atoms with van der Waals surface area (Å²) in [6, 6.07) is -0.275. The van der Waals surface area contributed by atoms with Crippen LogP contribution >= 0.6 is 0 Å². The fraction of sp³-hybridized carbons (Fsp3) is 0.857. The SMILES string of the molecule is CCCNC(=O)CN(C1CCN(C(=O)OCC)CC1)S(C)(=O)=O. The number of carbonyl (C=O) groups excluding carboxylic acids is 2. The van der Waals surface area contributed by atoms with Crippen LogP contribution in [0.25, 0.3) is 0 Å². The molecule has 0 radical (unpaired) electrons. The van der Waals surface area contributed by atoms with Crippen LogP contribution in [0, 0.1) is 0 Å². The molecule has 9 heteroatoms. The Balaban J connectivity index is 2.65. The van der Waals surface area contributed by atoms with Gasteiger partial charge in [-0.05, 0) is 26.2 Å². The van der Waals surface area contributed by atoms with Crippen LogP contribution < -0.4 is 5.32 Å². The average molecular weight is 349 g/mol. The highest BCUT2D eigenvalue weighted by molar-refractivity contribution is 7.88. The number of piperidine rings is 1. The zero-order valence-corrected chi connectivity index (χ0v) is 14.9. The lowest BCUT2D eigenvalue weighted by Crippen LogP contribution is -2.51. The van der Waals surface area contributed by atoms with Gasteiger partial charge in [0.2, 0.25) is 15.9 Å². The molecule has 0 aromatic heterocycles. The van der Waals surface area contributed by atoms with E-state index in [-0.39, 0.29) is 24.6 Å². The van der Waals surface area contributed by atoms with Gasteiger partial charge in [0, 0.05) is 25.7 Å². The zero-order valence-electron chi connectivity index (χ0n) is 14.1. The minimum atomic E-state index is -3.49. The lowest BCUT2D eigenvalue weighted by Gasteiger charge is -2.36. The molecule has 0 spiro atoms. The van der Waals surface area contributed by atoms with Gasteiger partial charge in [0.05, 0.1) is 19.4 Å². The van der Waals surface area contributed by atoms with Crippen molar-refractivity contribution >= 4 is 22.0 Å². The Morgan fingerprint density at radius 2 is 1.87 bits per heavy atom. The number of nitrogens with zero attached hydrogens (tertiary/aromatic N) is 2. The second-order valence-electron chi connectivity index (χ2n) is 5.58. The Morgan fingerprint density at radius 1 is 1.26 bits per heavy atom. The normalized spacial score (nSPS) is 16.4. The van der Waals surface area contributed by atoms with Gasteiger partial charge >= 0.3 is 6.09 Å². The topological polar surface area (TPSA) is 96.0 Å². The first kappa shape index (κ1) is 19.7. The van der Waals surface area contributed by atoms with Crippen molar-refractivity contribution in [3.05, 3.63) is 0 Å². The molecule has 1 heterocycles. The van der Waals surface area contributed by atoms with Crippen LogP contribution in [0.1, 0.15) is 33.1 Å². The Kier molecular flexibility index (Phi) is 7.77. The van der Waals surface area contributed by atoms with Crippen LogP contribution in [0.2, 0.25) is 0 Å². The highest BCUT2D eigenvalue weighted by Crippen LogP contribution is 2.19. The van der Waals surface area contributed by atoms with E-state index in [1.807, 2.05) is 6.92 Å². The summed E-state index contributed by atoms with van der Waals surface area (Å²) in [6.45, 7) is 5.18. The van der Waals surface area contributed by atoms with Crippen LogP contribution in [0.3, 0.4) is 0 Å². The molecule has 0 saturated carbocycles. The smallest absolute Gasteiger partial charge is 0.409 e. The molecule has 1 saturated heterocycles. The minimum Gasteiger partial charge on any atom is -0.450 e. The molecular formula is C14H27N3O5S. The Morgan fingerprint density at radius 3 is 2.35 bits per heavy atom. The van der Waals surface area contributed by atoms with Crippen molar-refractivity contribution in [2.24, 2.45) is 0 Å². The fourth-order valence-corrected chi connectivity index (χ4v) is 3.63. The number of sulfonamides is 1. The highest BCUT2D eigenvalue weighted by Gasteiger charge is 2.33. The van der Waals surface area contributed by atoms with Gasteiger partial charge in [-0.2, -0.15) is 4.31 Å². The minimum absolute atomic E-state index is 0.178. The number of ether oxygens (including phenoxy) is 1. The van der Waals surface area contributed by atoms with E-state index < -0.39 is 10.0 Å². The molecule has 1 fully saturated rings. The Labute approximate surface area is 138 Å². The molecule has 1 rings (SSSR count). The van der Waals surface area contributed by atoms with Crippen molar-refractivity contribution in [1.82, 2.24) is 14.5 Å². The van der Waals surface area contributed by atoms with Crippen molar-refractivity contribution in [1.29, 1.82) is 0 Å². The van der Waals surface area contributed by atoms with E-state index in [1.165, 1.54) is 4.31 Å². The van der Waals surface area contributed by atoms with E-state index in [0.717, 1.165) is 12.7 Å². The number of rotatable bonds is 7. The summed E-state index contributed by atoms with van der Waals surface area (Å²) in [5, 5.41) is 2.69. The molecule has 1 aliphatic heterocycles. The van der Waals surface area contributed by atoms with E-state index in [4.69, 9.17) is 4.74 Å². The molecule has 0 aliphatic carbocycles. The first-order valence-electron chi connectivity index (χ1n) is 7.94. The third-order valence-electron chi connectivity index (χ3n) is 3.70. The summed E-state index contributed by atoms with van der Waals surface area (Å²) in [7, 11) is -3.49. The first-order chi connectivity index (χ1) is 10.8. The quantitative estimate of drug-likeness (QED) is 0.717. The molecule has 0 bridgehead atoms. The van der Waals surface area contributed by atoms with E-state index in [2.05, 4.69) is 5.32 Å². The standard InChI is InChI=1S/C14H27N3O5S/c1-4-8-15-13(18)11-17(23(3,20)21)12-6-9-16(10-7-12)14(19)22-5-2/h12H,4-11H2,1-3H3,(H,15,18). The maximum Gasteiger partial charge on any atom is 0.409 e. The molecule has 2 amide bonds. The summed E-state index contributed by atoms with van der Waals surface area (Å²) in [4.78, 5) is 25.1. The van der Waals surface area contributed by atoms with Crippen molar-refractivity contribution in [3.8, 4) is 0 Å². The summed E-state index contributed by atoms with van der Waals surface area (Å²) in [5.74, 6) is -0.301. The molecule has 0 aromatic carbocycles. The first-order valence-corrected chi connectivity index (χ1v) is 9.79. The molecular weight excluding hydrogens is 322 g/mol. The summed E-state index contributed by atoms with van der Waals surface area (Å²) < 4.78 is 30.2. The van der Waals surface area contributed by atoms with Gasteiger partial charge in [0.1, 0.15) is 0 Å². The van der Waals surface area contributed by atoms with Crippen molar-refractivity contribution in [2.45, 2.75) is 39.2 Å². The zero-order chi connectivity index (χ0) is 17.5. The summed E-state index contributed by atoms with van der Waals surface area (Å²) in [6.07, 6.45) is 2.51. The van der Waals surface area contributed by atoms with E-state index in [9.17, 15) is 18.0 Å². The largest absolute Gasteiger partial charge is 0.450 e. The van der Waals surface area contributed by atoms with Gasteiger partial charge < -0.3 is 15.0 Å². The van der Waals surface area contributed by atoms with Gasteiger partial charge in [-0.25, -0.2) is 13.2 Å². The lowest BCUT2D eigenvalue weighted by molar-refractivity contribution is -0.121. The second kappa shape index (κ2) is 9.07. The molecule has 8 nitrogen and oxygen atoms in total. The second-order valence-corrected chi connectivity index (χ2v) is 7.51. The van der Waals surface area contributed by atoms with Crippen LogP contribution in [0.15, 0.2) is 0 Å². The lowest BCUT2D eigenvalue weighted by atomic mass is 10.1. The van der Waals surface area contributed by atoms with Gasteiger partial charge in [0.15, 0.2) is 0 Å². The number of hydrogen-bond acceptors (Lipinski definition) is 5. The van der Waals surface area contributed by atoms with Crippen LogP contribution in [0.4, 0.5) is 4.79 Å². The van der Waals surface area contributed by atoms with Crippen LogP contribution in [-0.4, -0.2) is 74.7 Å². The maximum atomic E-state index is 12.0. The predicted octanol–water partition coefficient (Wildman–Crippen LogP) is 0.395.